The first-order valence-electron chi connectivity index (χ1n) is 14.1. The zero-order valence-corrected chi connectivity index (χ0v) is 22.6. The summed E-state index contributed by atoms with van der Waals surface area (Å²) in [5.41, 5.74) is 11.1. The van der Waals surface area contributed by atoms with Crippen LogP contribution >= 0.6 is 0 Å². The number of benzene rings is 3. The maximum absolute atomic E-state index is 13.9. The van der Waals surface area contributed by atoms with Gasteiger partial charge in [0.25, 0.3) is 0 Å². The number of rotatable bonds is 9. The topological polar surface area (TPSA) is 88.0 Å². The van der Waals surface area contributed by atoms with Crippen molar-refractivity contribution < 1.29 is 5.76 Å². The maximum atomic E-state index is 13.9. The molecule has 7 nitrogen and oxygen atoms in total. The lowest BCUT2D eigenvalue weighted by Gasteiger charge is -2.24. The van der Waals surface area contributed by atoms with Gasteiger partial charge in [-0.15, -0.1) is 12.0 Å². The Bertz CT molecular complexity index is 1740. The third kappa shape index (κ3) is 5.38. The lowest BCUT2D eigenvalue weighted by molar-refractivity contribution is 0.260. The first kappa shape index (κ1) is 25.0. The molecule has 1 fully saturated rings. The van der Waals surface area contributed by atoms with Gasteiger partial charge in [-0.2, -0.15) is 5.26 Å². The molecule has 1 aromatic heterocycles. The number of pyridine rings is 1. The van der Waals surface area contributed by atoms with Crippen LogP contribution in [0.3, 0.4) is 0 Å². The molecule has 8 heteroatoms. The van der Waals surface area contributed by atoms with E-state index in [2.05, 4.69) is 57.6 Å². The van der Waals surface area contributed by atoms with E-state index >= 15 is 0 Å². The van der Waals surface area contributed by atoms with Crippen molar-refractivity contribution >= 4 is 22.3 Å². The minimum absolute atomic E-state index is 0.0587. The number of anilines is 2. The van der Waals surface area contributed by atoms with Crippen LogP contribution in [0.4, 0.5) is 15.8 Å². The van der Waals surface area contributed by atoms with Crippen molar-refractivity contribution in [1.29, 1.82) is 5.26 Å². The molecule has 4 N–H and O–H groups in total. The Morgan fingerprint density at radius 1 is 1.12 bits per heavy atom. The maximum Gasteiger partial charge on any atom is 0.123 e. The predicted octanol–water partition coefficient (Wildman–Crippen LogP) is 6.27. The molecule has 0 radical (unpaired) electrons. The van der Waals surface area contributed by atoms with Crippen LogP contribution in [0.5, 0.6) is 0 Å². The molecular formula is C33H30FN7. The first-order valence-corrected chi connectivity index (χ1v) is 13.6. The summed E-state index contributed by atoms with van der Waals surface area (Å²) in [6.45, 7) is 2.08. The third-order valence-corrected chi connectivity index (χ3v) is 7.38. The Morgan fingerprint density at radius 2 is 1.90 bits per heavy atom. The van der Waals surface area contributed by atoms with E-state index in [9.17, 15) is 11.0 Å². The fourth-order valence-corrected chi connectivity index (χ4v) is 5.07. The van der Waals surface area contributed by atoms with Gasteiger partial charge in [-0.25, -0.2) is 4.39 Å². The molecule has 0 amide bonds. The number of hydrogen-bond acceptors (Lipinski definition) is 7. The van der Waals surface area contributed by atoms with Crippen LogP contribution in [-0.2, 0) is 0 Å². The zero-order chi connectivity index (χ0) is 29.3. The highest BCUT2D eigenvalue weighted by atomic mass is 19.1. The number of aromatic nitrogens is 1. The highest BCUT2D eigenvalue weighted by molar-refractivity contribution is 5.99. The summed E-state index contributed by atoms with van der Waals surface area (Å²) >= 11 is 0. The van der Waals surface area contributed by atoms with Gasteiger partial charge in [-0.1, -0.05) is 55.3 Å². The van der Waals surface area contributed by atoms with E-state index in [1.807, 2.05) is 35.5 Å². The van der Waals surface area contributed by atoms with Crippen LogP contribution in [0.25, 0.3) is 10.9 Å². The van der Waals surface area contributed by atoms with Crippen molar-refractivity contribution in [3.63, 3.8) is 0 Å². The van der Waals surface area contributed by atoms with Gasteiger partial charge >= 0.3 is 0 Å². The molecule has 2 heterocycles. The van der Waals surface area contributed by atoms with Crippen molar-refractivity contribution in [2.75, 3.05) is 10.6 Å². The van der Waals surface area contributed by atoms with Crippen LogP contribution in [-0.4, -0.2) is 16.0 Å². The highest BCUT2D eigenvalue weighted by Crippen LogP contribution is 2.36. The smallest absolute Gasteiger partial charge is 0.123 e. The van der Waals surface area contributed by atoms with E-state index < -0.39 is 6.02 Å². The van der Waals surface area contributed by atoms with Gasteiger partial charge < -0.3 is 16.1 Å². The number of nitriles is 1. The molecule has 0 spiro atoms. The number of hydrogen-bond donors (Lipinski definition) is 4. The van der Waals surface area contributed by atoms with Crippen molar-refractivity contribution in [3.05, 3.63) is 113 Å². The Balaban J connectivity index is 1.47. The van der Waals surface area contributed by atoms with Gasteiger partial charge in [0.1, 0.15) is 11.9 Å². The monoisotopic (exact) mass is 544 g/mol. The van der Waals surface area contributed by atoms with Gasteiger partial charge in [-0.05, 0) is 54.7 Å². The van der Waals surface area contributed by atoms with Crippen LogP contribution in [0.15, 0.2) is 84.8 Å². The van der Waals surface area contributed by atoms with Crippen molar-refractivity contribution in [1.82, 2.24) is 21.0 Å². The Labute approximate surface area is 240 Å². The molecule has 2 aliphatic rings. The van der Waals surface area contributed by atoms with Crippen LogP contribution < -0.4 is 21.6 Å². The SMILES string of the molecule is [2H]C(Nc1cc(C#C)c2ncc(C#N)c(N[C@H](CC)c3ccccc3)c2c1)(C1=CN(C2CC2)NN1)c1ccc(F)cc1. The number of nitrogens with zero attached hydrogens (tertiary/aromatic N) is 3. The van der Waals surface area contributed by atoms with Crippen molar-refractivity contribution in [2.24, 2.45) is 0 Å². The molecule has 2 atom stereocenters. The second-order valence-corrected chi connectivity index (χ2v) is 10.2. The molecular weight excluding hydrogens is 513 g/mol. The minimum Gasteiger partial charge on any atom is -0.377 e. The van der Waals surface area contributed by atoms with Crippen LogP contribution in [0.1, 0.15) is 61.9 Å². The summed E-state index contributed by atoms with van der Waals surface area (Å²) in [7, 11) is 0. The molecule has 1 unspecified atom stereocenters. The standard InChI is InChI=1S/C33H30FN7/c1-3-21-16-26(37-33(23-10-12-25(34)13-11-23)30-20-41(40-39-30)27-14-15-27)17-28-31(21)36-19-24(18-35)32(28)38-29(4-2)22-8-6-5-7-9-22/h1,5-13,16-17,19-20,27,29,33,37,39-40H,4,14-15H2,2H3,(H,36,38)/t29-,33?/m1/s1/i33D. The van der Waals surface area contributed by atoms with Crippen molar-refractivity contribution in [3.8, 4) is 18.4 Å². The van der Waals surface area contributed by atoms with E-state index in [-0.39, 0.29) is 11.9 Å². The minimum atomic E-state index is -1.53. The largest absolute Gasteiger partial charge is 0.377 e. The summed E-state index contributed by atoms with van der Waals surface area (Å²) in [4.78, 5) is 4.55. The summed E-state index contributed by atoms with van der Waals surface area (Å²) in [6, 6.07) is 20.6. The lowest BCUT2D eigenvalue weighted by atomic mass is 10.00. The normalized spacial score (nSPS) is 16.9. The van der Waals surface area contributed by atoms with Gasteiger partial charge in [0.05, 0.1) is 41.5 Å². The number of halogens is 1. The summed E-state index contributed by atoms with van der Waals surface area (Å²) in [6.07, 6.45) is 12.3. The average molecular weight is 545 g/mol. The Hall–Kier alpha value is -5.05. The van der Waals surface area contributed by atoms with E-state index in [0.717, 1.165) is 24.8 Å². The highest BCUT2D eigenvalue weighted by Gasteiger charge is 2.32. The van der Waals surface area contributed by atoms with E-state index in [0.29, 0.717) is 50.7 Å². The predicted molar refractivity (Wildman–Crippen MR) is 159 cm³/mol. The molecule has 204 valence electrons. The average Bonchev–Trinajstić information content (AvgIpc) is 3.75. The molecule has 41 heavy (non-hydrogen) atoms. The van der Waals surface area contributed by atoms with Crippen LogP contribution in [0.2, 0.25) is 0 Å². The molecule has 3 aromatic carbocycles. The molecule has 1 saturated carbocycles. The third-order valence-electron chi connectivity index (χ3n) is 7.38. The van der Waals surface area contributed by atoms with Crippen molar-refractivity contribution in [2.45, 2.75) is 44.3 Å². The summed E-state index contributed by atoms with van der Waals surface area (Å²) < 4.78 is 23.6. The Kier molecular flexibility index (Phi) is 6.82. The van der Waals surface area contributed by atoms with E-state index in [1.165, 1.54) is 18.3 Å². The lowest BCUT2D eigenvalue weighted by Crippen LogP contribution is -2.38. The van der Waals surface area contributed by atoms with Gasteiger partial charge in [0.15, 0.2) is 0 Å². The Morgan fingerprint density at radius 3 is 2.59 bits per heavy atom. The van der Waals surface area contributed by atoms with Gasteiger partial charge in [0, 0.05) is 29.5 Å². The molecule has 1 aliphatic heterocycles. The second kappa shape index (κ2) is 11.2. The number of nitrogens with one attached hydrogen (secondary N) is 4. The van der Waals surface area contributed by atoms with Gasteiger partial charge in [0.2, 0.25) is 0 Å². The van der Waals surface area contributed by atoms with Gasteiger partial charge in [-0.3, -0.25) is 9.99 Å². The van der Waals surface area contributed by atoms with E-state index in [1.54, 1.807) is 18.2 Å². The summed E-state index contributed by atoms with van der Waals surface area (Å²) in [5.74, 6) is 2.35. The van der Waals surface area contributed by atoms with E-state index in [4.69, 9.17) is 6.42 Å². The molecule has 0 saturated heterocycles. The molecule has 6 rings (SSSR count). The summed E-state index contributed by atoms with van der Waals surface area (Å²) in [5, 5.41) is 19.6. The fourth-order valence-electron chi connectivity index (χ4n) is 5.07. The number of hydrazine groups is 2. The molecule has 4 aromatic rings. The molecule has 0 bridgehead atoms. The quantitative estimate of drug-likeness (QED) is 0.185. The number of fused-ring (bicyclic) bond motifs is 1. The zero-order valence-electron chi connectivity index (χ0n) is 23.6. The fraction of sp³-hybridized carbons (Fsp3) is 0.212. The van der Waals surface area contributed by atoms with Crippen LogP contribution in [0, 0.1) is 29.5 Å². The molecule has 1 aliphatic carbocycles. The second-order valence-electron chi connectivity index (χ2n) is 10.2. The first-order chi connectivity index (χ1) is 20.4. The number of terminal acetylenes is 1.